The van der Waals surface area contributed by atoms with Crippen molar-refractivity contribution in [1.29, 1.82) is 0 Å². The second-order valence-corrected chi connectivity index (χ2v) is 10.7. The molecule has 1 N–H and O–H groups in total. The highest BCUT2D eigenvalue weighted by molar-refractivity contribution is 8.00. The van der Waals surface area contributed by atoms with Gasteiger partial charge in [-0.1, -0.05) is 43.0 Å². The standard InChI is InChI=1S/C26H27N3O4S2/c1-3-20(24(30)27-16-8-6-9-17(14-16)32-2)35-26-28-22-19-11-4-5-12-21(19)34-23(22)25(31)29(26)15-18-10-7-13-33-18/h4-6,8-9,11-12,14,18,20H,3,7,10,13,15H2,1-2H3,(H,27,30). The lowest BCUT2D eigenvalue weighted by Crippen LogP contribution is -2.30. The molecule has 0 bridgehead atoms. The van der Waals surface area contributed by atoms with E-state index >= 15 is 0 Å². The minimum Gasteiger partial charge on any atom is -0.497 e. The zero-order chi connectivity index (χ0) is 24.4. The molecule has 1 aliphatic rings. The molecule has 0 spiro atoms. The van der Waals surface area contributed by atoms with E-state index in [0.717, 1.165) is 22.9 Å². The summed E-state index contributed by atoms with van der Waals surface area (Å²) in [5.74, 6) is 0.532. The van der Waals surface area contributed by atoms with Crippen molar-refractivity contribution in [3.05, 3.63) is 58.9 Å². The first kappa shape index (κ1) is 23.8. The summed E-state index contributed by atoms with van der Waals surface area (Å²) in [4.78, 5) is 31.8. The van der Waals surface area contributed by atoms with E-state index in [1.54, 1.807) is 17.7 Å². The number of hydrogen-bond acceptors (Lipinski definition) is 7. The normalized spacial score (nSPS) is 16.6. The molecule has 0 saturated carbocycles. The molecule has 2 aromatic carbocycles. The molecular formula is C26H27N3O4S2. The Bertz CT molecular complexity index is 1430. The Kier molecular flexibility index (Phi) is 7.08. The molecule has 1 aliphatic heterocycles. The third kappa shape index (κ3) is 4.94. The van der Waals surface area contributed by atoms with Crippen LogP contribution >= 0.6 is 23.1 Å². The van der Waals surface area contributed by atoms with E-state index in [9.17, 15) is 9.59 Å². The van der Waals surface area contributed by atoms with Crippen molar-refractivity contribution in [2.75, 3.05) is 19.0 Å². The predicted molar refractivity (Wildman–Crippen MR) is 142 cm³/mol. The van der Waals surface area contributed by atoms with Crippen LogP contribution in [0.1, 0.15) is 26.2 Å². The highest BCUT2D eigenvalue weighted by Gasteiger charge is 2.26. The topological polar surface area (TPSA) is 82.5 Å². The quantitative estimate of drug-likeness (QED) is 0.256. The Morgan fingerprint density at radius 1 is 1.31 bits per heavy atom. The third-order valence-electron chi connectivity index (χ3n) is 6.11. The van der Waals surface area contributed by atoms with Crippen molar-refractivity contribution in [3.8, 4) is 5.75 Å². The number of amides is 1. The lowest BCUT2D eigenvalue weighted by molar-refractivity contribution is -0.115. The number of hydrogen-bond donors (Lipinski definition) is 1. The molecule has 35 heavy (non-hydrogen) atoms. The van der Waals surface area contributed by atoms with Crippen LogP contribution in [0.5, 0.6) is 5.75 Å². The van der Waals surface area contributed by atoms with Gasteiger partial charge < -0.3 is 14.8 Å². The number of benzene rings is 2. The van der Waals surface area contributed by atoms with Crippen LogP contribution in [0.2, 0.25) is 0 Å². The molecule has 5 rings (SSSR count). The van der Waals surface area contributed by atoms with Crippen molar-refractivity contribution in [1.82, 2.24) is 9.55 Å². The number of carbonyl (C=O) groups excluding carboxylic acids is 1. The fourth-order valence-electron chi connectivity index (χ4n) is 4.27. The summed E-state index contributed by atoms with van der Waals surface area (Å²) in [6, 6.07) is 15.2. The number of rotatable bonds is 8. The van der Waals surface area contributed by atoms with E-state index in [1.807, 2.05) is 49.4 Å². The maximum absolute atomic E-state index is 13.7. The molecule has 1 fully saturated rings. The van der Waals surface area contributed by atoms with Crippen LogP contribution in [-0.2, 0) is 16.1 Å². The van der Waals surface area contributed by atoms with Crippen molar-refractivity contribution in [3.63, 3.8) is 0 Å². The number of thiophene rings is 1. The second-order valence-electron chi connectivity index (χ2n) is 8.46. The minimum absolute atomic E-state index is 0.0219. The number of carbonyl (C=O) groups is 1. The van der Waals surface area contributed by atoms with E-state index in [2.05, 4.69) is 5.32 Å². The van der Waals surface area contributed by atoms with E-state index < -0.39 is 5.25 Å². The number of methoxy groups -OCH3 is 1. The Balaban J connectivity index is 1.51. The Morgan fingerprint density at radius 2 is 2.17 bits per heavy atom. The smallest absolute Gasteiger partial charge is 0.272 e. The zero-order valence-electron chi connectivity index (χ0n) is 19.7. The first-order valence-electron chi connectivity index (χ1n) is 11.7. The molecule has 2 aromatic heterocycles. The minimum atomic E-state index is -0.425. The van der Waals surface area contributed by atoms with Crippen LogP contribution in [0.4, 0.5) is 5.69 Å². The first-order valence-corrected chi connectivity index (χ1v) is 13.4. The van der Waals surface area contributed by atoms with Gasteiger partial charge in [0, 0.05) is 28.4 Å². The van der Waals surface area contributed by atoms with Gasteiger partial charge >= 0.3 is 0 Å². The lowest BCUT2D eigenvalue weighted by atomic mass is 10.2. The van der Waals surface area contributed by atoms with Gasteiger partial charge in [0.05, 0.1) is 30.5 Å². The fraction of sp³-hybridized carbons (Fsp3) is 0.346. The van der Waals surface area contributed by atoms with Crippen molar-refractivity contribution < 1.29 is 14.3 Å². The van der Waals surface area contributed by atoms with Gasteiger partial charge in [0.15, 0.2) is 5.16 Å². The highest BCUT2D eigenvalue weighted by atomic mass is 32.2. The third-order valence-corrected chi connectivity index (χ3v) is 8.61. The number of thioether (sulfide) groups is 1. The predicted octanol–water partition coefficient (Wildman–Crippen LogP) is 5.31. The molecule has 0 radical (unpaired) electrons. The molecule has 9 heteroatoms. The van der Waals surface area contributed by atoms with Crippen molar-refractivity contribution in [2.45, 2.75) is 49.2 Å². The average Bonchev–Trinajstić information content (AvgIpc) is 3.52. The largest absolute Gasteiger partial charge is 0.497 e. The van der Waals surface area contributed by atoms with Gasteiger partial charge in [0.2, 0.25) is 5.91 Å². The van der Waals surface area contributed by atoms with Crippen LogP contribution in [-0.4, -0.2) is 40.5 Å². The summed E-state index contributed by atoms with van der Waals surface area (Å²) in [7, 11) is 1.59. The Morgan fingerprint density at radius 3 is 2.94 bits per heavy atom. The summed E-state index contributed by atoms with van der Waals surface area (Å²) in [6.07, 6.45) is 2.46. The van der Waals surface area contributed by atoms with Crippen LogP contribution in [0.3, 0.4) is 0 Å². The van der Waals surface area contributed by atoms with Gasteiger partial charge in [-0.05, 0) is 37.5 Å². The van der Waals surface area contributed by atoms with E-state index in [4.69, 9.17) is 14.5 Å². The molecule has 1 saturated heterocycles. The van der Waals surface area contributed by atoms with Crippen LogP contribution in [0, 0.1) is 0 Å². The highest BCUT2D eigenvalue weighted by Crippen LogP contribution is 2.34. The molecular weight excluding hydrogens is 482 g/mol. The number of ether oxygens (including phenoxy) is 2. The molecule has 1 amide bonds. The lowest BCUT2D eigenvalue weighted by Gasteiger charge is -2.19. The average molecular weight is 510 g/mol. The fourth-order valence-corrected chi connectivity index (χ4v) is 6.38. The van der Waals surface area contributed by atoms with Gasteiger partial charge in [0.25, 0.3) is 5.56 Å². The second kappa shape index (κ2) is 10.4. The number of anilines is 1. The molecule has 7 nitrogen and oxygen atoms in total. The van der Waals surface area contributed by atoms with Gasteiger partial charge in [-0.2, -0.15) is 0 Å². The molecule has 4 aromatic rings. The van der Waals surface area contributed by atoms with Gasteiger partial charge in [-0.25, -0.2) is 4.98 Å². The SMILES string of the molecule is CCC(Sc1nc2c(sc3ccccc32)c(=O)n1CC1CCCO1)C(=O)Nc1cccc(OC)c1. The molecule has 2 atom stereocenters. The molecule has 0 aliphatic carbocycles. The molecule has 3 heterocycles. The summed E-state index contributed by atoms with van der Waals surface area (Å²) < 4.78 is 14.5. The Labute approximate surface area is 211 Å². The zero-order valence-corrected chi connectivity index (χ0v) is 21.3. The Hall–Kier alpha value is -2.88. The van der Waals surface area contributed by atoms with Crippen molar-refractivity contribution >= 4 is 55.0 Å². The maximum atomic E-state index is 13.7. The van der Waals surface area contributed by atoms with Gasteiger partial charge in [-0.3, -0.25) is 14.2 Å². The number of nitrogens with one attached hydrogen (secondary N) is 1. The van der Waals surface area contributed by atoms with E-state index in [1.165, 1.54) is 23.1 Å². The van der Waals surface area contributed by atoms with Gasteiger partial charge in [-0.15, -0.1) is 11.3 Å². The number of aromatic nitrogens is 2. The molecule has 182 valence electrons. The first-order chi connectivity index (χ1) is 17.1. The van der Waals surface area contributed by atoms with E-state index in [-0.39, 0.29) is 17.6 Å². The van der Waals surface area contributed by atoms with Gasteiger partial charge in [0.1, 0.15) is 10.4 Å². The monoisotopic (exact) mass is 509 g/mol. The van der Waals surface area contributed by atoms with E-state index in [0.29, 0.717) is 46.4 Å². The van der Waals surface area contributed by atoms with Crippen LogP contribution in [0.15, 0.2) is 58.5 Å². The summed E-state index contributed by atoms with van der Waals surface area (Å²) >= 11 is 2.80. The number of nitrogens with zero attached hydrogens (tertiary/aromatic N) is 2. The van der Waals surface area contributed by atoms with Crippen molar-refractivity contribution in [2.24, 2.45) is 0 Å². The summed E-state index contributed by atoms with van der Waals surface area (Å²) in [5.41, 5.74) is 1.29. The summed E-state index contributed by atoms with van der Waals surface area (Å²) in [5, 5.41) is 4.07. The summed E-state index contributed by atoms with van der Waals surface area (Å²) in [6.45, 7) is 3.11. The molecule has 2 unspecified atom stereocenters. The maximum Gasteiger partial charge on any atom is 0.272 e. The number of fused-ring (bicyclic) bond motifs is 3. The van der Waals surface area contributed by atoms with Crippen LogP contribution < -0.4 is 15.6 Å². The van der Waals surface area contributed by atoms with Crippen LogP contribution in [0.25, 0.3) is 20.3 Å².